The van der Waals surface area contributed by atoms with Crippen molar-refractivity contribution in [2.45, 2.75) is 20.3 Å². The summed E-state index contributed by atoms with van der Waals surface area (Å²) in [6.45, 7) is 5.81. The van der Waals surface area contributed by atoms with Gasteiger partial charge >= 0.3 is 0 Å². The van der Waals surface area contributed by atoms with Crippen molar-refractivity contribution >= 4 is 17.5 Å². The van der Waals surface area contributed by atoms with E-state index in [0.717, 1.165) is 19.5 Å². The number of amides is 2. The van der Waals surface area contributed by atoms with Gasteiger partial charge in [-0.3, -0.25) is 9.59 Å². The lowest BCUT2D eigenvalue weighted by Gasteiger charge is -2.34. The molecule has 0 aliphatic carbocycles. The van der Waals surface area contributed by atoms with Gasteiger partial charge in [-0.2, -0.15) is 0 Å². The Morgan fingerprint density at radius 3 is 2.33 bits per heavy atom. The molecule has 5 nitrogen and oxygen atoms in total. The van der Waals surface area contributed by atoms with E-state index in [2.05, 4.69) is 19.2 Å². The lowest BCUT2D eigenvalue weighted by atomic mass is 9.92. The van der Waals surface area contributed by atoms with E-state index < -0.39 is 0 Å². The van der Waals surface area contributed by atoms with Crippen LogP contribution in [-0.2, 0) is 4.79 Å². The quantitative estimate of drug-likeness (QED) is 0.875. The Bertz CT molecular complexity index is 781. The summed E-state index contributed by atoms with van der Waals surface area (Å²) < 4.78 is 5.73. The molecular formula is C22H26N2O3. The van der Waals surface area contributed by atoms with E-state index in [1.54, 1.807) is 24.3 Å². The molecule has 3 rings (SSSR count). The standard InChI is InChI=1S/C22H26N2O3/c1-16-12-17(2)14-24(13-16)21(25)15-27-20-11-7-6-10-19(20)22(26)23-18-8-4-3-5-9-18/h3-11,16-17H,12-15H2,1-2H3,(H,23,26). The van der Waals surface area contributed by atoms with Crippen molar-refractivity contribution < 1.29 is 14.3 Å². The number of hydrogen-bond acceptors (Lipinski definition) is 3. The Morgan fingerprint density at radius 2 is 1.63 bits per heavy atom. The highest BCUT2D eigenvalue weighted by Crippen LogP contribution is 2.22. The molecule has 1 N–H and O–H groups in total. The van der Waals surface area contributed by atoms with Gasteiger partial charge in [-0.25, -0.2) is 0 Å². The zero-order chi connectivity index (χ0) is 19.2. The number of para-hydroxylation sites is 2. The highest BCUT2D eigenvalue weighted by molar-refractivity contribution is 6.06. The van der Waals surface area contributed by atoms with Gasteiger partial charge in [-0.15, -0.1) is 0 Å². The molecule has 2 atom stereocenters. The average Bonchev–Trinajstić information content (AvgIpc) is 2.66. The summed E-state index contributed by atoms with van der Waals surface area (Å²) >= 11 is 0. The van der Waals surface area contributed by atoms with E-state index in [1.807, 2.05) is 35.2 Å². The first kappa shape index (κ1) is 19.0. The number of hydrogen-bond donors (Lipinski definition) is 1. The third-order valence-electron chi connectivity index (χ3n) is 4.74. The van der Waals surface area contributed by atoms with Crippen molar-refractivity contribution in [3.05, 3.63) is 60.2 Å². The van der Waals surface area contributed by atoms with Crippen LogP contribution in [0.3, 0.4) is 0 Å². The van der Waals surface area contributed by atoms with Crippen LogP contribution in [-0.4, -0.2) is 36.4 Å². The summed E-state index contributed by atoms with van der Waals surface area (Å²) in [4.78, 5) is 27.0. The van der Waals surface area contributed by atoms with Crippen LogP contribution in [0.25, 0.3) is 0 Å². The van der Waals surface area contributed by atoms with Gasteiger partial charge in [0.15, 0.2) is 6.61 Å². The fraction of sp³-hybridized carbons (Fsp3) is 0.364. The molecule has 1 aliphatic heterocycles. The number of rotatable bonds is 5. The molecule has 0 saturated carbocycles. The molecular weight excluding hydrogens is 340 g/mol. The third-order valence-corrected chi connectivity index (χ3v) is 4.74. The van der Waals surface area contributed by atoms with Crippen LogP contribution < -0.4 is 10.1 Å². The maximum Gasteiger partial charge on any atom is 0.260 e. The minimum absolute atomic E-state index is 0.0355. The number of nitrogens with one attached hydrogen (secondary N) is 1. The van der Waals surface area contributed by atoms with Crippen LogP contribution in [0.1, 0.15) is 30.6 Å². The van der Waals surface area contributed by atoms with Gasteiger partial charge in [0, 0.05) is 18.8 Å². The van der Waals surface area contributed by atoms with Gasteiger partial charge in [0.2, 0.25) is 0 Å². The topological polar surface area (TPSA) is 58.6 Å². The summed E-state index contributed by atoms with van der Waals surface area (Å²) in [6, 6.07) is 16.2. The molecule has 1 saturated heterocycles. The summed E-state index contributed by atoms with van der Waals surface area (Å²) in [5.41, 5.74) is 1.12. The molecule has 142 valence electrons. The molecule has 0 radical (unpaired) electrons. The molecule has 0 bridgehead atoms. The first-order valence-electron chi connectivity index (χ1n) is 9.39. The second kappa shape index (κ2) is 8.71. The number of carbonyl (C=O) groups excluding carboxylic acids is 2. The molecule has 2 unspecified atom stereocenters. The van der Waals surface area contributed by atoms with Crippen LogP contribution in [0, 0.1) is 11.8 Å². The second-order valence-corrected chi connectivity index (χ2v) is 7.35. The van der Waals surface area contributed by atoms with Gasteiger partial charge in [0.1, 0.15) is 5.75 Å². The molecule has 27 heavy (non-hydrogen) atoms. The molecule has 1 fully saturated rings. The summed E-state index contributed by atoms with van der Waals surface area (Å²) in [7, 11) is 0. The van der Waals surface area contributed by atoms with Crippen molar-refractivity contribution in [3.8, 4) is 5.75 Å². The Labute approximate surface area is 160 Å². The molecule has 0 aromatic heterocycles. The number of likely N-dealkylation sites (tertiary alicyclic amines) is 1. The minimum atomic E-state index is -0.260. The van der Waals surface area contributed by atoms with E-state index in [1.165, 1.54) is 0 Å². The smallest absolute Gasteiger partial charge is 0.260 e. The molecule has 2 aromatic carbocycles. The SMILES string of the molecule is CC1CC(C)CN(C(=O)COc2ccccc2C(=O)Nc2ccccc2)C1. The summed E-state index contributed by atoms with van der Waals surface area (Å²) in [5, 5.41) is 2.85. The highest BCUT2D eigenvalue weighted by Gasteiger charge is 2.25. The van der Waals surface area contributed by atoms with E-state index in [0.29, 0.717) is 28.8 Å². The van der Waals surface area contributed by atoms with Crippen molar-refractivity contribution in [1.82, 2.24) is 4.90 Å². The van der Waals surface area contributed by atoms with Gasteiger partial charge in [0.25, 0.3) is 11.8 Å². The van der Waals surface area contributed by atoms with Crippen LogP contribution in [0.2, 0.25) is 0 Å². The zero-order valence-corrected chi connectivity index (χ0v) is 15.9. The monoisotopic (exact) mass is 366 g/mol. The molecule has 1 aliphatic rings. The summed E-state index contributed by atoms with van der Waals surface area (Å²) in [6.07, 6.45) is 1.15. The van der Waals surface area contributed by atoms with Crippen molar-refractivity contribution in [1.29, 1.82) is 0 Å². The Hall–Kier alpha value is -2.82. The van der Waals surface area contributed by atoms with Gasteiger partial charge < -0.3 is 15.0 Å². The summed E-state index contributed by atoms with van der Waals surface area (Å²) in [5.74, 6) is 1.12. The van der Waals surface area contributed by atoms with E-state index >= 15 is 0 Å². The normalized spacial score (nSPS) is 19.4. The highest BCUT2D eigenvalue weighted by atomic mass is 16.5. The third kappa shape index (κ3) is 5.09. The van der Waals surface area contributed by atoms with Crippen LogP contribution in [0.4, 0.5) is 5.69 Å². The fourth-order valence-electron chi connectivity index (χ4n) is 3.60. The molecule has 0 spiro atoms. The van der Waals surface area contributed by atoms with Gasteiger partial charge in [-0.1, -0.05) is 44.2 Å². The first-order chi connectivity index (χ1) is 13.0. The second-order valence-electron chi connectivity index (χ2n) is 7.35. The van der Waals surface area contributed by atoms with Crippen LogP contribution in [0.5, 0.6) is 5.75 Å². The predicted molar refractivity (Wildman–Crippen MR) is 106 cm³/mol. The molecule has 2 aromatic rings. The number of piperidine rings is 1. The first-order valence-corrected chi connectivity index (χ1v) is 9.39. The van der Waals surface area contributed by atoms with Crippen molar-refractivity contribution in [2.75, 3.05) is 25.0 Å². The molecule has 2 amide bonds. The predicted octanol–water partition coefficient (Wildman–Crippen LogP) is 3.82. The lowest BCUT2D eigenvalue weighted by molar-refractivity contribution is -0.136. The Morgan fingerprint density at radius 1 is 1.00 bits per heavy atom. The van der Waals surface area contributed by atoms with Gasteiger partial charge in [-0.05, 0) is 42.5 Å². The van der Waals surface area contributed by atoms with E-state index in [4.69, 9.17) is 4.74 Å². The lowest BCUT2D eigenvalue weighted by Crippen LogP contribution is -2.44. The number of ether oxygens (including phenoxy) is 1. The van der Waals surface area contributed by atoms with Crippen LogP contribution in [0.15, 0.2) is 54.6 Å². The van der Waals surface area contributed by atoms with Crippen molar-refractivity contribution in [3.63, 3.8) is 0 Å². The van der Waals surface area contributed by atoms with E-state index in [9.17, 15) is 9.59 Å². The number of anilines is 1. The van der Waals surface area contributed by atoms with Gasteiger partial charge in [0.05, 0.1) is 5.56 Å². The molecule has 1 heterocycles. The fourth-order valence-corrected chi connectivity index (χ4v) is 3.60. The largest absolute Gasteiger partial charge is 0.483 e. The maximum atomic E-state index is 12.6. The van der Waals surface area contributed by atoms with Crippen molar-refractivity contribution in [2.24, 2.45) is 11.8 Å². The Balaban J connectivity index is 1.64. The van der Waals surface area contributed by atoms with E-state index in [-0.39, 0.29) is 18.4 Å². The average molecular weight is 366 g/mol. The minimum Gasteiger partial charge on any atom is -0.483 e. The number of nitrogens with zero attached hydrogens (tertiary/aromatic N) is 1. The number of benzene rings is 2. The molecule has 5 heteroatoms. The maximum absolute atomic E-state index is 12.6. The Kier molecular flexibility index (Phi) is 6.12. The zero-order valence-electron chi connectivity index (χ0n) is 15.9. The van der Waals surface area contributed by atoms with Crippen LogP contribution >= 0.6 is 0 Å². The number of carbonyl (C=O) groups is 2.